The van der Waals surface area contributed by atoms with Crippen LogP contribution in [0.25, 0.3) is 11.1 Å². The minimum atomic E-state index is -0.670. The van der Waals surface area contributed by atoms with Crippen molar-refractivity contribution in [2.45, 2.75) is 116 Å². The molecule has 52 heavy (non-hydrogen) atoms. The average Bonchev–Trinajstić information content (AvgIpc) is 3.48. The summed E-state index contributed by atoms with van der Waals surface area (Å²) in [5, 5.41) is 0. The van der Waals surface area contributed by atoms with Crippen LogP contribution in [0.5, 0.6) is 17.2 Å². The Kier molecular flexibility index (Phi) is 17.0. The van der Waals surface area contributed by atoms with Crippen LogP contribution in [0.3, 0.4) is 0 Å². The molecule has 0 bridgehead atoms. The predicted molar refractivity (Wildman–Crippen MR) is 203 cm³/mol. The molecule has 0 aliphatic carbocycles. The van der Waals surface area contributed by atoms with E-state index in [1.807, 2.05) is 36.4 Å². The monoisotopic (exact) mass is 710 g/mol. The molecule has 0 aromatic heterocycles. The molecule has 0 amide bonds. The summed E-state index contributed by atoms with van der Waals surface area (Å²) < 4.78 is 28.2. The molecular formula is C44H54O8. The topological polar surface area (TPSA) is 97.4 Å². The number of ether oxygens (including phenoxy) is 5. The van der Waals surface area contributed by atoms with Crippen LogP contribution in [0.2, 0.25) is 0 Å². The molecule has 1 heterocycles. The standard InChI is InChI=1S/C44H54O8/c1-4-6-7-8-9-12-15-18-42(52-41(45)5-2)49-38-27-19-34(20-28-38)35-21-29-39(30-22-35)50-44(47)36-23-25-37(26-24-36)48-31-16-13-10-11-14-17-40-32-33(3)43(46)51-40/h5,19-30,40,42H,2-4,6-18,31-32H2,1H3. The summed E-state index contributed by atoms with van der Waals surface area (Å²) in [6.07, 6.45) is 16.1. The molecule has 3 aromatic carbocycles. The molecule has 1 aliphatic rings. The van der Waals surface area contributed by atoms with Crippen LogP contribution in [0.4, 0.5) is 0 Å². The van der Waals surface area contributed by atoms with Gasteiger partial charge in [-0.15, -0.1) is 0 Å². The first-order chi connectivity index (χ1) is 25.3. The summed E-state index contributed by atoms with van der Waals surface area (Å²) >= 11 is 0. The minimum absolute atomic E-state index is 0.00302. The Bertz CT molecular complexity index is 1540. The summed E-state index contributed by atoms with van der Waals surface area (Å²) in [4.78, 5) is 36.1. The Morgan fingerprint density at radius 2 is 1.35 bits per heavy atom. The van der Waals surface area contributed by atoms with Gasteiger partial charge in [0.25, 0.3) is 0 Å². The van der Waals surface area contributed by atoms with Gasteiger partial charge in [-0.1, -0.05) is 102 Å². The van der Waals surface area contributed by atoms with Gasteiger partial charge in [-0.3, -0.25) is 0 Å². The van der Waals surface area contributed by atoms with Gasteiger partial charge in [-0.05, 0) is 85.3 Å². The van der Waals surface area contributed by atoms with Gasteiger partial charge in [0.2, 0.25) is 6.29 Å². The lowest BCUT2D eigenvalue weighted by atomic mass is 10.1. The van der Waals surface area contributed by atoms with E-state index < -0.39 is 18.2 Å². The van der Waals surface area contributed by atoms with Crippen LogP contribution >= 0.6 is 0 Å². The van der Waals surface area contributed by atoms with Gasteiger partial charge in [0.1, 0.15) is 23.4 Å². The quantitative estimate of drug-likeness (QED) is 0.0298. The Labute approximate surface area is 309 Å². The van der Waals surface area contributed by atoms with Gasteiger partial charge in [-0.25, -0.2) is 14.4 Å². The van der Waals surface area contributed by atoms with Crippen molar-refractivity contribution < 1.29 is 38.1 Å². The molecule has 1 aliphatic heterocycles. The van der Waals surface area contributed by atoms with Crippen molar-refractivity contribution in [3.8, 4) is 28.4 Å². The molecule has 1 fully saturated rings. The van der Waals surface area contributed by atoms with E-state index in [2.05, 4.69) is 20.1 Å². The van der Waals surface area contributed by atoms with Gasteiger partial charge in [0, 0.05) is 24.5 Å². The van der Waals surface area contributed by atoms with Crippen LogP contribution < -0.4 is 14.2 Å². The highest BCUT2D eigenvalue weighted by Gasteiger charge is 2.26. The van der Waals surface area contributed by atoms with Crippen LogP contribution in [0, 0.1) is 0 Å². The molecule has 8 heteroatoms. The zero-order valence-corrected chi connectivity index (χ0v) is 30.7. The molecule has 4 rings (SSSR count). The number of carbonyl (C=O) groups is 3. The molecular weight excluding hydrogens is 656 g/mol. The number of unbranched alkanes of at least 4 members (excludes halogenated alkanes) is 10. The van der Waals surface area contributed by atoms with E-state index in [9.17, 15) is 14.4 Å². The van der Waals surface area contributed by atoms with E-state index in [1.54, 1.807) is 36.4 Å². The Balaban J connectivity index is 1.15. The van der Waals surface area contributed by atoms with Gasteiger partial charge >= 0.3 is 17.9 Å². The fourth-order valence-corrected chi connectivity index (χ4v) is 6.02. The second-order valence-electron chi connectivity index (χ2n) is 13.3. The molecule has 0 N–H and O–H groups in total. The first-order valence-electron chi connectivity index (χ1n) is 18.9. The zero-order valence-electron chi connectivity index (χ0n) is 30.7. The number of carbonyl (C=O) groups excluding carboxylic acids is 3. The number of hydrogen-bond acceptors (Lipinski definition) is 8. The van der Waals surface area contributed by atoms with E-state index in [4.69, 9.17) is 23.7 Å². The first-order valence-corrected chi connectivity index (χ1v) is 18.9. The number of hydrogen-bond donors (Lipinski definition) is 0. The smallest absolute Gasteiger partial charge is 0.343 e. The van der Waals surface area contributed by atoms with E-state index in [0.29, 0.717) is 47.8 Å². The van der Waals surface area contributed by atoms with Crippen molar-refractivity contribution in [1.82, 2.24) is 0 Å². The van der Waals surface area contributed by atoms with Gasteiger partial charge in [-0.2, -0.15) is 0 Å². The van der Waals surface area contributed by atoms with Crippen LogP contribution in [-0.4, -0.2) is 36.9 Å². The maximum atomic E-state index is 12.8. The maximum Gasteiger partial charge on any atom is 0.343 e. The molecule has 3 aromatic rings. The number of rotatable bonds is 24. The Morgan fingerprint density at radius 1 is 0.769 bits per heavy atom. The normalized spacial score (nSPS) is 14.4. The van der Waals surface area contributed by atoms with E-state index in [1.165, 1.54) is 32.1 Å². The number of benzene rings is 3. The summed E-state index contributed by atoms with van der Waals surface area (Å²) in [5.74, 6) is 0.574. The zero-order chi connectivity index (χ0) is 37.0. The van der Waals surface area contributed by atoms with Crippen molar-refractivity contribution in [3.63, 3.8) is 0 Å². The third-order valence-corrected chi connectivity index (χ3v) is 9.04. The third-order valence-electron chi connectivity index (χ3n) is 9.04. The number of esters is 3. The molecule has 1 saturated heterocycles. The minimum Gasteiger partial charge on any atom is -0.494 e. The second kappa shape index (κ2) is 22.2. The van der Waals surface area contributed by atoms with E-state index >= 15 is 0 Å². The SMILES string of the molecule is C=CC(=O)OC(CCCCCCCCC)Oc1ccc(-c2ccc(OC(=O)c3ccc(OCCCCCCCC4CC(=C)C(=O)O4)cc3)cc2)cc1. The van der Waals surface area contributed by atoms with Crippen LogP contribution in [-0.2, 0) is 19.1 Å². The molecule has 2 unspecified atom stereocenters. The summed E-state index contributed by atoms with van der Waals surface area (Å²) in [7, 11) is 0. The molecule has 278 valence electrons. The fourth-order valence-electron chi connectivity index (χ4n) is 6.02. The lowest BCUT2D eigenvalue weighted by Crippen LogP contribution is -2.23. The average molecular weight is 711 g/mol. The largest absolute Gasteiger partial charge is 0.494 e. The van der Waals surface area contributed by atoms with E-state index in [-0.39, 0.29) is 12.1 Å². The highest BCUT2D eigenvalue weighted by Crippen LogP contribution is 2.27. The summed E-state index contributed by atoms with van der Waals surface area (Å²) in [6, 6.07) is 21.9. The molecule has 0 saturated carbocycles. The lowest BCUT2D eigenvalue weighted by molar-refractivity contribution is -0.158. The van der Waals surface area contributed by atoms with Crippen LogP contribution in [0.1, 0.15) is 114 Å². The highest BCUT2D eigenvalue weighted by molar-refractivity contribution is 5.91. The summed E-state index contributed by atoms with van der Waals surface area (Å²) in [5.41, 5.74) is 2.94. The molecule has 0 radical (unpaired) electrons. The Hall–Kier alpha value is -4.85. The Morgan fingerprint density at radius 3 is 1.96 bits per heavy atom. The molecule has 0 spiro atoms. The summed E-state index contributed by atoms with van der Waals surface area (Å²) in [6.45, 7) is 10.1. The van der Waals surface area contributed by atoms with Gasteiger partial charge in [0.05, 0.1) is 12.2 Å². The lowest BCUT2D eigenvalue weighted by Gasteiger charge is -2.19. The fraction of sp³-hybridized carbons (Fsp3) is 0.432. The first kappa shape index (κ1) is 39.9. The molecule has 2 atom stereocenters. The van der Waals surface area contributed by atoms with Crippen molar-refractivity contribution in [3.05, 3.63) is 103 Å². The van der Waals surface area contributed by atoms with Crippen molar-refractivity contribution in [1.29, 1.82) is 0 Å². The third kappa shape index (κ3) is 14.0. The second-order valence-corrected chi connectivity index (χ2v) is 13.3. The van der Waals surface area contributed by atoms with Gasteiger partial charge < -0.3 is 23.7 Å². The number of cyclic esters (lactones) is 1. The highest BCUT2D eigenvalue weighted by atomic mass is 16.7. The maximum absolute atomic E-state index is 12.8. The predicted octanol–water partition coefficient (Wildman–Crippen LogP) is 10.7. The van der Waals surface area contributed by atoms with E-state index in [0.717, 1.165) is 68.6 Å². The van der Waals surface area contributed by atoms with Crippen molar-refractivity contribution >= 4 is 17.9 Å². The van der Waals surface area contributed by atoms with Crippen molar-refractivity contribution in [2.24, 2.45) is 0 Å². The van der Waals surface area contributed by atoms with Crippen LogP contribution in [0.15, 0.2) is 97.6 Å². The molecule has 8 nitrogen and oxygen atoms in total. The van der Waals surface area contributed by atoms with Gasteiger partial charge in [0.15, 0.2) is 0 Å². The van der Waals surface area contributed by atoms with Crippen molar-refractivity contribution in [2.75, 3.05) is 6.61 Å².